The molecule has 6 heteroatoms. The summed E-state index contributed by atoms with van der Waals surface area (Å²) in [5.74, 6) is 0.946. The van der Waals surface area contributed by atoms with Crippen LogP contribution in [0.2, 0.25) is 0 Å². The van der Waals surface area contributed by atoms with Crippen LogP contribution < -0.4 is 11.1 Å². The third-order valence-electron chi connectivity index (χ3n) is 3.78. The van der Waals surface area contributed by atoms with E-state index < -0.39 is 0 Å². The highest BCUT2D eigenvalue weighted by atomic mass is 32.2. The summed E-state index contributed by atoms with van der Waals surface area (Å²) in [5.41, 5.74) is 9.50. The molecule has 0 bridgehead atoms. The number of nitrogens with one attached hydrogen (secondary N) is 1. The zero-order valence-corrected chi connectivity index (χ0v) is 16.1. The Labute approximate surface area is 163 Å². The molecule has 0 unspecified atom stereocenters. The van der Waals surface area contributed by atoms with E-state index in [-0.39, 0.29) is 5.95 Å². The molecular formula is C21H21N5S. The van der Waals surface area contributed by atoms with Gasteiger partial charge >= 0.3 is 0 Å². The zero-order valence-electron chi connectivity index (χ0n) is 15.3. The van der Waals surface area contributed by atoms with E-state index in [4.69, 9.17) is 5.73 Å². The van der Waals surface area contributed by atoms with Crippen molar-refractivity contribution in [2.24, 2.45) is 4.99 Å². The number of rotatable bonds is 5. The van der Waals surface area contributed by atoms with Crippen molar-refractivity contribution >= 4 is 34.9 Å². The number of aromatic nitrogens is 2. The lowest BCUT2D eigenvalue weighted by Crippen LogP contribution is -2.01. The lowest BCUT2D eigenvalue weighted by atomic mass is 10.1. The van der Waals surface area contributed by atoms with Crippen molar-refractivity contribution in [3.05, 3.63) is 83.6 Å². The predicted octanol–water partition coefficient (Wildman–Crippen LogP) is 5.19. The Morgan fingerprint density at radius 1 is 1.19 bits per heavy atom. The fourth-order valence-corrected chi connectivity index (χ4v) is 3.53. The lowest BCUT2D eigenvalue weighted by Gasteiger charge is -2.12. The van der Waals surface area contributed by atoms with Gasteiger partial charge in [0.2, 0.25) is 5.95 Å². The monoisotopic (exact) mass is 375 g/mol. The third-order valence-corrected chi connectivity index (χ3v) is 4.82. The second-order valence-electron chi connectivity index (χ2n) is 5.89. The molecule has 0 atom stereocenters. The molecule has 27 heavy (non-hydrogen) atoms. The molecule has 0 saturated carbocycles. The Hall–Kier alpha value is -3.12. The minimum absolute atomic E-state index is 0.263. The molecule has 5 nitrogen and oxygen atoms in total. The van der Waals surface area contributed by atoms with Gasteiger partial charge in [-0.25, -0.2) is 4.98 Å². The number of hydrogen-bond donors (Lipinski definition) is 2. The predicted molar refractivity (Wildman–Crippen MR) is 115 cm³/mol. The number of aryl methyl sites for hydroxylation is 1. The van der Waals surface area contributed by atoms with E-state index >= 15 is 0 Å². The van der Waals surface area contributed by atoms with Gasteiger partial charge in [0, 0.05) is 34.1 Å². The van der Waals surface area contributed by atoms with Crippen molar-refractivity contribution in [1.29, 1.82) is 0 Å². The van der Waals surface area contributed by atoms with Gasteiger partial charge in [-0.15, -0.1) is 0 Å². The number of aliphatic imine (C=N–C) groups is 1. The summed E-state index contributed by atoms with van der Waals surface area (Å²) in [6.07, 6.45) is 9.63. The topological polar surface area (TPSA) is 76.2 Å². The van der Waals surface area contributed by atoms with Crippen LogP contribution in [-0.4, -0.2) is 15.7 Å². The first-order valence-corrected chi connectivity index (χ1v) is 9.27. The summed E-state index contributed by atoms with van der Waals surface area (Å²) >= 11 is 1.71. The Morgan fingerprint density at radius 3 is 2.63 bits per heavy atom. The molecule has 0 aliphatic heterocycles. The number of nitrogen functional groups attached to an aromatic ring is 1. The van der Waals surface area contributed by atoms with E-state index in [1.165, 1.54) is 4.91 Å². The standard InChI is InChI=1S/C21H21N5S/c1-4-23-19-8-6-5-7-18(19)15(3)27-17-11-9-16(10-12-17)25-20-13-14(2)24-21(22)26-20/h4-13H,1H2,2-3H3,(H3,22,24,25,26)/b18-15+,23-19?. The molecule has 1 aromatic heterocycles. The maximum absolute atomic E-state index is 5.70. The number of benzene rings is 1. The van der Waals surface area contributed by atoms with Crippen molar-refractivity contribution in [3.8, 4) is 0 Å². The molecule has 0 fully saturated rings. The summed E-state index contributed by atoms with van der Waals surface area (Å²) in [4.78, 5) is 14.9. The van der Waals surface area contributed by atoms with Crippen molar-refractivity contribution in [2.75, 3.05) is 11.1 Å². The summed E-state index contributed by atoms with van der Waals surface area (Å²) in [7, 11) is 0. The van der Waals surface area contributed by atoms with Crippen LogP contribution >= 0.6 is 11.8 Å². The number of allylic oxidation sites excluding steroid dienone is 6. The van der Waals surface area contributed by atoms with Crippen molar-refractivity contribution < 1.29 is 0 Å². The molecule has 1 heterocycles. The van der Waals surface area contributed by atoms with E-state index in [0.717, 1.165) is 27.6 Å². The van der Waals surface area contributed by atoms with Crippen LogP contribution in [0.3, 0.4) is 0 Å². The maximum Gasteiger partial charge on any atom is 0.222 e. The fraction of sp³-hybridized carbons (Fsp3) is 0.0952. The van der Waals surface area contributed by atoms with Gasteiger partial charge in [0.1, 0.15) is 5.82 Å². The van der Waals surface area contributed by atoms with Crippen molar-refractivity contribution in [3.63, 3.8) is 0 Å². The Bertz CT molecular complexity index is 948. The molecule has 136 valence electrons. The average Bonchev–Trinajstić information content (AvgIpc) is 2.63. The second kappa shape index (κ2) is 8.51. The van der Waals surface area contributed by atoms with Crippen LogP contribution in [0.5, 0.6) is 0 Å². The molecular weight excluding hydrogens is 354 g/mol. The Kier molecular flexibility index (Phi) is 5.88. The van der Waals surface area contributed by atoms with Crippen LogP contribution in [0, 0.1) is 6.92 Å². The quantitative estimate of drug-likeness (QED) is 0.704. The Morgan fingerprint density at radius 2 is 1.93 bits per heavy atom. The van der Waals surface area contributed by atoms with Crippen LogP contribution in [0.15, 0.2) is 87.8 Å². The number of hydrogen-bond acceptors (Lipinski definition) is 6. The van der Waals surface area contributed by atoms with Gasteiger partial charge < -0.3 is 11.1 Å². The minimum atomic E-state index is 0.263. The highest BCUT2D eigenvalue weighted by Gasteiger charge is 2.09. The highest BCUT2D eigenvalue weighted by molar-refractivity contribution is 8.03. The van der Waals surface area contributed by atoms with Gasteiger partial charge in [-0.1, -0.05) is 36.6 Å². The van der Waals surface area contributed by atoms with Gasteiger partial charge in [0.25, 0.3) is 0 Å². The lowest BCUT2D eigenvalue weighted by molar-refractivity contribution is 1.12. The molecule has 1 aliphatic rings. The molecule has 3 rings (SSSR count). The molecule has 0 radical (unpaired) electrons. The first kappa shape index (κ1) is 18.7. The average molecular weight is 376 g/mol. The molecule has 1 aromatic carbocycles. The van der Waals surface area contributed by atoms with Gasteiger partial charge in [0.15, 0.2) is 0 Å². The fourth-order valence-electron chi connectivity index (χ4n) is 2.62. The van der Waals surface area contributed by atoms with Crippen LogP contribution in [0.25, 0.3) is 0 Å². The largest absolute Gasteiger partial charge is 0.368 e. The summed E-state index contributed by atoms with van der Waals surface area (Å²) in [6, 6.07) is 10.0. The van der Waals surface area contributed by atoms with E-state index in [1.54, 1.807) is 18.0 Å². The van der Waals surface area contributed by atoms with Crippen LogP contribution in [0.4, 0.5) is 17.5 Å². The highest BCUT2D eigenvalue weighted by Crippen LogP contribution is 2.31. The minimum Gasteiger partial charge on any atom is -0.368 e. The van der Waals surface area contributed by atoms with Crippen molar-refractivity contribution in [1.82, 2.24) is 9.97 Å². The van der Waals surface area contributed by atoms with Gasteiger partial charge in [-0.05, 0) is 49.1 Å². The van der Waals surface area contributed by atoms with Gasteiger partial charge in [0.05, 0.1) is 5.71 Å². The third kappa shape index (κ3) is 4.95. The molecule has 2 aromatic rings. The molecule has 1 aliphatic carbocycles. The van der Waals surface area contributed by atoms with E-state index in [0.29, 0.717) is 5.82 Å². The maximum atomic E-state index is 5.70. The first-order chi connectivity index (χ1) is 13.0. The number of nitrogens with two attached hydrogens (primary N) is 1. The number of nitrogens with zero attached hydrogens (tertiary/aromatic N) is 3. The van der Waals surface area contributed by atoms with E-state index in [1.807, 2.05) is 43.4 Å². The van der Waals surface area contributed by atoms with E-state index in [9.17, 15) is 0 Å². The zero-order chi connectivity index (χ0) is 19.2. The number of thioether (sulfide) groups is 1. The first-order valence-electron chi connectivity index (χ1n) is 8.46. The smallest absolute Gasteiger partial charge is 0.222 e. The normalized spacial score (nSPS) is 16.4. The van der Waals surface area contributed by atoms with Crippen LogP contribution in [-0.2, 0) is 0 Å². The van der Waals surface area contributed by atoms with Gasteiger partial charge in [-0.2, -0.15) is 4.98 Å². The second-order valence-corrected chi connectivity index (χ2v) is 7.18. The number of anilines is 3. The SMILES string of the molecule is C=CN=C1C=CC=C/C1=C(/C)Sc1ccc(Nc2cc(C)nc(N)n2)cc1. The van der Waals surface area contributed by atoms with Gasteiger partial charge in [-0.3, -0.25) is 4.99 Å². The molecule has 0 spiro atoms. The van der Waals surface area contributed by atoms with E-state index in [2.05, 4.69) is 52.0 Å². The molecule has 3 N–H and O–H groups in total. The Balaban J connectivity index is 1.74. The molecule has 0 saturated heterocycles. The summed E-state index contributed by atoms with van der Waals surface area (Å²) in [5, 5.41) is 3.25. The van der Waals surface area contributed by atoms with Crippen LogP contribution in [0.1, 0.15) is 12.6 Å². The summed E-state index contributed by atoms with van der Waals surface area (Å²) in [6.45, 7) is 7.67. The van der Waals surface area contributed by atoms with Crippen molar-refractivity contribution in [2.45, 2.75) is 18.7 Å². The summed E-state index contributed by atoms with van der Waals surface area (Å²) < 4.78 is 0. The molecule has 0 amide bonds.